The summed E-state index contributed by atoms with van der Waals surface area (Å²) in [4.78, 5) is 19.5. The zero-order valence-corrected chi connectivity index (χ0v) is 18.6. The standard InChI is InChI=1S/C20H19BrF3N3O4/c1-19(2,3)31-18(28)27-13-7-5-12(15(9-13)29-4)6-8-14-16(21)17(26-11-25-14)30-10-20(22,23)24/h5,7,9,11H,10H2,1-4H3,(H,27,28). The Hall–Kier alpha value is -3.00. The van der Waals surface area contributed by atoms with Crippen molar-refractivity contribution in [2.75, 3.05) is 19.0 Å². The molecule has 0 radical (unpaired) electrons. The van der Waals surface area contributed by atoms with Crippen molar-refractivity contribution in [2.45, 2.75) is 32.5 Å². The SMILES string of the molecule is COc1cc(NC(=O)OC(C)(C)C)ccc1C#Cc1ncnc(OCC(F)(F)F)c1Br. The van der Waals surface area contributed by atoms with Gasteiger partial charge in [0.1, 0.15) is 27.8 Å². The summed E-state index contributed by atoms with van der Waals surface area (Å²) in [6, 6.07) is 4.76. The van der Waals surface area contributed by atoms with Gasteiger partial charge in [-0.25, -0.2) is 14.8 Å². The molecule has 1 aromatic carbocycles. The first-order valence-corrected chi connectivity index (χ1v) is 9.57. The molecule has 0 saturated carbocycles. The van der Waals surface area contributed by atoms with Crippen LogP contribution in [-0.4, -0.2) is 41.6 Å². The number of halogens is 4. The maximum absolute atomic E-state index is 12.4. The minimum absolute atomic E-state index is 0.0916. The smallest absolute Gasteiger partial charge is 0.422 e. The number of hydrogen-bond acceptors (Lipinski definition) is 6. The van der Waals surface area contributed by atoms with Crippen molar-refractivity contribution in [3.05, 3.63) is 40.3 Å². The van der Waals surface area contributed by atoms with E-state index in [1.165, 1.54) is 7.11 Å². The van der Waals surface area contributed by atoms with Crippen LogP contribution in [0.4, 0.5) is 23.7 Å². The molecular weight excluding hydrogens is 483 g/mol. The summed E-state index contributed by atoms with van der Waals surface area (Å²) in [5.41, 5.74) is 0.376. The maximum atomic E-state index is 12.4. The average Bonchev–Trinajstić information content (AvgIpc) is 2.64. The maximum Gasteiger partial charge on any atom is 0.422 e. The fourth-order valence-electron chi connectivity index (χ4n) is 2.11. The Kier molecular flexibility index (Phi) is 7.73. The number of hydrogen-bond donors (Lipinski definition) is 1. The predicted octanol–water partition coefficient (Wildman–Crippen LogP) is 4.94. The van der Waals surface area contributed by atoms with Gasteiger partial charge in [0, 0.05) is 11.8 Å². The molecule has 0 fully saturated rings. The lowest BCUT2D eigenvalue weighted by Gasteiger charge is -2.19. The second-order valence-electron chi connectivity index (χ2n) is 7.04. The molecule has 2 rings (SSSR count). The van der Waals surface area contributed by atoms with E-state index in [-0.39, 0.29) is 16.0 Å². The molecule has 0 saturated heterocycles. The molecular formula is C20H19BrF3N3O4. The van der Waals surface area contributed by atoms with E-state index in [0.29, 0.717) is 17.0 Å². The quantitative estimate of drug-likeness (QED) is 0.597. The van der Waals surface area contributed by atoms with Gasteiger partial charge in [-0.2, -0.15) is 13.2 Å². The average molecular weight is 502 g/mol. The van der Waals surface area contributed by atoms with E-state index in [2.05, 4.69) is 47.8 Å². The number of nitrogens with one attached hydrogen (secondary N) is 1. The summed E-state index contributed by atoms with van der Waals surface area (Å²) in [6.07, 6.45) is -4.07. The van der Waals surface area contributed by atoms with Gasteiger partial charge in [0.05, 0.1) is 12.7 Å². The van der Waals surface area contributed by atoms with Crippen molar-refractivity contribution < 1.29 is 32.2 Å². The van der Waals surface area contributed by atoms with E-state index >= 15 is 0 Å². The number of rotatable bonds is 4. The number of nitrogens with zero attached hydrogens (tertiary/aromatic N) is 2. The topological polar surface area (TPSA) is 82.6 Å². The van der Waals surface area contributed by atoms with Crippen LogP contribution in [0.5, 0.6) is 11.6 Å². The monoisotopic (exact) mass is 501 g/mol. The molecule has 0 aliphatic carbocycles. The van der Waals surface area contributed by atoms with Gasteiger partial charge in [-0.15, -0.1) is 0 Å². The number of alkyl halides is 3. The molecule has 1 heterocycles. The number of amides is 1. The Morgan fingerprint density at radius 2 is 1.90 bits per heavy atom. The van der Waals surface area contributed by atoms with Gasteiger partial charge in [0.15, 0.2) is 6.61 Å². The molecule has 11 heteroatoms. The summed E-state index contributed by atoms with van der Waals surface area (Å²) in [7, 11) is 1.43. The molecule has 1 aromatic heterocycles. The third kappa shape index (κ3) is 7.97. The Morgan fingerprint density at radius 1 is 1.19 bits per heavy atom. The van der Waals surface area contributed by atoms with Crippen molar-refractivity contribution in [3.8, 4) is 23.5 Å². The molecule has 31 heavy (non-hydrogen) atoms. The molecule has 1 N–H and O–H groups in total. The molecule has 0 spiro atoms. The zero-order chi connectivity index (χ0) is 23.2. The summed E-state index contributed by atoms with van der Waals surface area (Å²) >= 11 is 3.11. The van der Waals surface area contributed by atoms with E-state index in [1.807, 2.05) is 0 Å². The van der Waals surface area contributed by atoms with Gasteiger partial charge >= 0.3 is 12.3 Å². The van der Waals surface area contributed by atoms with Crippen LogP contribution in [0.25, 0.3) is 0 Å². The lowest BCUT2D eigenvalue weighted by Crippen LogP contribution is -2.27. The lowest BCUT2D eigenvalue weighted by molar-refractivity contribution is -0.154. The number of methoxy groups -OCH3 is 1. The minimum Gasteiger partial charge on any atom is -0.495 e. The van der Waals surface area contributed by atoms with E-state index in [1.54, 1.807) is 39.0 Å². The normalized spacial score (nSPS) is 11.2. The van der Waals surface area contributed by atoms with E-state index in [0.717, 1.165) is 6.33 Å². The molecule has 1 amide bonds. The third-order valence-electron chi connectivity index (χ3n) is 3.29. The molecule has 0 aliphatic heterocycles. The van der Waals surface area contributed by atoms with Crippen LogP contribution in [0.15, 0.2) is 29.0 Å². The van der Waals surface area contributed by atoms with Crippen LogP contribution < -0.4 is 14.8 Å². The molecule has 0 unspecified atom stereocenters. The van der Waals surface area contributed by atoms with Gasteiger partial charge in [0.25, 0.3) is 0 Å². The van der Waals surface area contributed by atoms with Crippen molar-refractivity contribution >= 4 is 27.7 Å². The number of benzene rings is 1. The Labute approximate surface area is 185 Å². The first-order chi connectivity index (χ1) is 14.4. The first kappa shape index (κ1) is 24.3. The molecule has 7 nitrogen and oxygen atoms in total. The fourth-order valence-corrected chi connectivity index (χ4v) is 2.53. The second-order valence-corrected chi connectivity index (χ2v) is 7.83. The van der Waals surface area contributed by atoms with E-state index in [9.17, 15) is 18.0 Å². The van der Waals surface area contributed by atoms with Crippen molar-refractivity contribution in [2.24, 2.45) is 0 Å². The highest BCUT2D eigenvalue weighted by molar-refractivity contribution is 9.10. The van der Waals surface area contributed by atoms with Gasteiger partial charge in [-0.05, 0) is 54.8 Å². The number of aromatic nitrogens is 2. The van der Waals surface area contributed by atoms with Crippen LogP contribution in [0.2, 0.25) is 0 Å². The van der Waals surface area contributed by atoms with Gasteiger partial charge in [0.2, 0.25) is 5.88 Å². The summed E-state index contributed by atoms with van der Waals surface area (Å²) in [5.74, 6) is 5.64. The summed E-state index contributed by atoms with van der Waals surface area (Å²) < 4.78 is 52.3. The zero-order valence-electron chi connectivity index (χ0n) is 17.1. The number of ether oxygens (including phenoxy) is 3. The van der Waals surface area contributed by atoms with E-state index in [4.69, 9.17) is 9.47 Å². The first-order valence-electron chi connectivity index (χ1n) is 8.78. The molecule has 2 aromatic rings. The lowest BCUT2D eigenvalue weighted by atomic mass is 10.1. The summed E-state index contributed by atoms with van der Waals surface area (Å²) in [6.45, 7) is 3.75. The Bertz CT molecular complexity index is 1010. The molecule has 0 atom stereocenters. The molecule has 166 valence electrons. The Morgan fingerprint density at radius 3 is 2.52 bits per heavy atom. The van der Waals surface area contributed by atoms with Crippen molar-refractivity contribution in [1.29, 1.82) is 0 Å². The van der Waals surface area contributed by atoms with Gasteiger partial charge in [-0.3, -0.25) is 5.32 Å². The molecule has 0 bridgehead atoms. The highest BCUT2D eigenvalue weighted by atomic mass is 79.9. The number of carbonyl (C=O) groups excluding carboxylic acids is 1. The summed E-state index contributed by atoms with van der Waals surface area (Å²) in [5, 5.41) is 2.59. The van der Waals surface area contributed by atoms with Gasteiger partial charge < -0.3 is 14.2 Å². The molecule has 0 aliphatic rings. The minimum atomic E-state index is -4.50. The largest absolute Gasteiger partial charge is 0.495 e. The third-order valence-corrected chi connectivity index (χ3v) is 4.01. The number of carbonyl (C=O) groups is 1. The number of anilines is 1. The van der Waals surface area contributed by atoms with Gasteiger partial charge in [-0.1, -0.05) is 5.92 Å². The second kappa shape index (κ2) is 9.87. The van der Waals surface area contributed by atoms with Crippen LogP contribution >= 0.6 is 15.9 Å². The highest BCUT2D eigenvalue weighted by Gasteiger charge is 2.29. The fraction of sp³-hybridized carbons (Fsp3) is 0.350. The van der Waals surface area contributed by atoms with Crippen molar-refractivity contribution in [3.63, 3.8) is 0 Å². The van der Waals surface area contributed by atoms with Crippen LogP contribution in [-0.2, 0) is 4.74 Å². The van der Waals surface area contributed by atoms with Crippen LogP contribution in [0.3, 0.4) is 0 Å². The highest BCUT2D eigenvalue weighted by Crippen LogP contribution is 2.27. The Balaban J connectivity index is 2.22. The predicted molar refractivity (Wildman–Crippen MR) is 110 cm³/mol. The van der Waals surface area contributed by atoms with Crippen LogP contribution in [0.1, 0.15) is 32.0 Å². The van der Waals surface area contributed by atoms with Crippen molar-refractivity contribution in [1.82, 2.24) is 9.97 Å². The van der Waals surface area contributed by atoms with Crippen LogP contribution in [0, 0.1) is 11.8 Å². The van der Waals surface area contributed by atoms with E-state index < -0.39 is 24.5 Å².